The molecule has 40 heavy (non-hydrogen) atoms. The zero-order valence-electron chi connectivity index (χ0n) is 20.6. The lowest BCUT2D eigenvalue weighted by molar-refractivity contribution is -0.138. The Morgan fingerprint density at radius 3 is 2.35 bits per heavy atom. The summed E-state index contributed by atoms with van der Waals surface area (Å²) in [5.41, 5.74) is 1.08. The molecule has 1 saturated carbocycles. The molecule has 4 amide bonds. The Balaban J connectivity index is 1.49. The fourth-order valence-corrected chi connectivity index (χ4v) is 8.25. The molecule has 6 rings (SSSR count). The van der Waals surface area contributed by atoms with E-state index in [1.807, 2.05) is 0 Å². The minimum Gasteiger partial charge on any atom is -0.508 e. The summed E-state index contributed by atoms with van der Waals surface area (Å²) in [5.74, 6) is -6.90. The molecule has 206 valence electrons. The van der Waals surface area contributed by atoms with Crippen LogP contribution in [0.2, 0.25) is 0 Å². The second-order valence-corrected chi connectivity index (χ2v) is 12.2. The van der Waals surface area contributed by atoms with Gasteiger partial charge in [0.2, 0.25) is 11.8 Å². The number of alkyl halides is 3. The summed E-state index contributed by atoms with van der Waals surface area (Å²) in [6.45, 7) is 0. The van der Waals surface area contributed by atoms with E-state index < -0.39 is 63.0 Å². The van der Waals surface area contributed by atoms with Gasteiger partial charge in [0.25, 0.3) is 11.8 Å². The average Bonchev–Trinajstić information content (AvgIpc) is 3.27. The van der Waals surface area contributed by atoms with Crippen LogP contribution in [0.3, 0.4) is 0 Å². The summed E-state index contributed by atoms with van der Waals surface area (Å²) >= 11 is 17.5. The number of fused-ring (bicyclic) bond motifs is 4. The Labute approximate surface area is 246 Å². The number of imide groups is 2. The first-order chi connectivity index (χ1) is 19.0. The lowest BCUT2D eigenvalue weighted by Crippen LogP contribution is -2.60. The number of allylic oxidation sites excluding steroid dienone is 2. The molecule has 2 aliphatic heterocycles. The number of carbonyl (C=O) groups is 5. The largest absolute Gasteiger partial charge is 0.508 e. The minimum absolute atomic E-state index is 0.0127. The first kappa shape index (κ1) is 27.0. The molecule has 0 bridgehead atoms. The number of aromatic carboxylic acids is 1. The monoisotopic (exact) mass is 646 g/mol. The lowest BCUT2D eigenvalue weighted by Gasteiger charge is -2.50. The van der Waals surface area contributed by atoms with Crippen molar-refractivity contribution in [1.82, 2.24) is 4.90 Å². The number of rotatable bonds is 4. The van der Waals surface area contributed by atoms with Crippen LogP contribution in [-0.2, 0) is 19.2 Å². The number of nitrogens with zero attached hydrogens (tertiary/aromatic N) is 2. The second-order valence-electron chi connectivity index (χ2n) is 10.4. The number of aromatic hydroxyl groups is 1. The van der Waals surface area contributed by atoms with E-state index in [1.54, 1.807) is 18.2 Å². The van der Waals surface area contributed by atoms with E-state index in [9.17, 15) is 34.2 Å². The van der Waals surface area contributed by atoms with Gasteiger partial charge in [0.05, 0.1) is 28.5 Å². The van der Waals surface area contributed by atoms with Crippen molar-refractivity contribution >= 4 is 74.4 Å². The van der Waals surface area contributed by atoms with Crippen molar-refractivity contribution < 1.29 is 34.2 Å². The molecule has 12 heteroatoms. The predicted molar refractivity (Wildman–Crippen MR) is 147 cm³/mol. The normalized spacial score (nSPS) is 33.0. The summed E-state index contributed by atoms with van der Waals surface area (Å²) in [4.78, 5) is 64.5. The van der Waals surface area contributed by atoms with Crippen molar-refractivity contribution in [2.24, 2.45) is 17.8 Å². The molecule has 0 spiro atoms. The summed E-state index contributed by atoms with van der Waals surface area (Å²) in [6, 6.07) is 11.6. The average molecular weight is 648 g/mol. The van der Waals surface area contributed by atoms with Gasteiger partial charge in [0.15, 0.2) is 9.75 Å². The number of phenolic OH excluding ortho intramolecular Hbond substituents is 1. The number of halogens is 3. The highest BCUT2D eigenvalue weighted by molar-refractivity contribution is 9.09. The van der Waals surface area contributed by atoms with Gasteiger partial charge in [0, 0.05) is 5.92 Å². The Morgan fingerprint density at radius 2 is 1.70 bits per heavy atom. The number of amides is 4. The van der Waals surface area contributed by atoms with Crippen molar-refractivity contribution in [3.8, 4) is 5.75 Å². The molecule has 2 aromatic carbocycles. The van der Waals surface area contributed by atoms with Crippen molar-refractivity contribution in [2.75, 3.05) is 10.4 Å². The highest BCUT2D eigenvalue weighted by Gasteiger charge is 2.76. The lowest BCUT2D eigenvalue weighted by atomic mass is 9.56. The molecule has 3 fully saturated rings. The first-order valence-electron chi connectivity index (χ1n) is 12.5. The van der Waals surface area contributed by atoms with E-state index in [2.05, 4.69) is 15.9 Å². The van der Waals surface area contributed by atoms with E-state index in [4.69, 9.17) is 23.2 Å². The van der Waals surface area contributed by atoms with Gasteiger partial charge in [-0.2, -0.15) is 0 Å². The van der Waals surface area contributed by atoms with E-state index in [-0.39, 0.29) is 35.3 Å². The number of anilines is 1. The summed E-state index contributed by atoms with van der Waals surface area (Å²) < 4.78 is 0. The van der Waals surface area contributed by atoms with E-state index in [1.165, 1.54) is 36.4 Å². The predicted octanol–water partition coefficient (Wildman–Crippen LogP) is 4.01. The van der Waals surface area contributed by atoms with Crippen LogP contribution in [0.25, 0.3) is 0 Å². The van der Waals surface area contributed by atoms with Crippen LogP contribution in [0, 0.1) is 17.8 Å². The number of hydrogen-bond acceptors (Lipinski definition) is 6. The van der Waals surface area contributed by atoms with Crippen LogP contribution in [0.1, 0.15) is 34.7 Å². The SMILES string of the molecule is O=C(O)c1cccc(N2C(=O)[C@H]3[C@H](CC=C4[C@H]3C[C@@]3(Cl)C(=O)N(CBr)C(=O)[C@@]3(Cl)[C@H]4c3ccc(O)cc3)C2=O)c1. The summed E-state index contributed by atoms with van der Waals surface area (Å²) in [5, 5.41) is 19.3. The number of carboxylic acids is 1. The van der Waals surface area contributed by atoms with Crippen LogP contribution in [0.4, 0.5) is 5.69 Å². The molecule has 9 nitrogen and oxygen atoms in total. The van der Waals surface area contributed by atoms with Crippen LogP contribution in [0.15, 0.2) is 60.2 Å². The Morgan fingerprint density at radius 1 is 1.00 bits per heavy atom. The molecule has 4 aliphatic rings. The van der Waals surface area contributed by atoms with Crippen LogP contribution < -0.4 is 4.90 Å². The Hall–Kier alpha value is -3.21. The zero-order chi connectivity index (χ0) is 28.7. The first-order valence-corrected chi connectivity index (χ1v) is 14.3. The van der Waals surface area contributed by atoms with Gasteiger partial charge in [-0.1, -0.05) is 45.8 Å². The third-order valence-electron chi connectivity index (χ3n) is 8.59. The quantitative estimate of drug-likeness (QED) is 0.222. The van der Waals surface area contributed by atoms with Gasteiger partial charge in [-0.15, -0.1) is 23.2 Å². The van der Waals surface area contributed by atoms with Crippen molar-refractivity contribution in [1.29, 1.82) is 0 Å². The summed E-state index contributed by atoms with van der Waals surface area (Å²) in [7, 11) is 0. The highest BCUT2D eigenvalue weighted by Crippen LogP contribution is 2.65. The topological polar surface area (TPSA) is 132 Å². The number of benzene rings is 2. The molecular weight excluding hydrogens is 627 g/mol. The molecule has 2 aromatic rings. The van der Waals surface area contributed by atoms with Gasteiger partial charge < -0.3 is 10.2 Å². The van der Waals surface area contributed by atoms with Crippen molar-refractivity contribution in [2.45, 2.75) is 28.5 Å². The molecule has 0 unspecified atom stereocenters. The highest BCUT2D eigenvalue weighted by atomic mass is 79.9. The van der Waals surface area contributed by atoms with Crippen LogP contribution >= 0.6 is 39.1 Å². The third kappa shape index (κ3) is 3.42. The third-order valence-corrected chi connectivity index (χ3v) is 10.5. The van der Waals surface area contributed by atoms with Crippen molar-refractivity contribution in [3.05, 3.63) is 71.3 Å². The number of carbonyl (C=O) groups excluding carboxylic acids is 4. The second kappa shape index (κ2) is 9.15. The minimum atomic E-state index is -1.92. The van der Waals surface area contributed by atoms with Gasteiger partial charge >= 0.3 is 5.97 Å². The maximum atomic E-state index is 14.0. The molecule has 0 radical (unpaired) electrons. The van der Waals surface area contributed by atoms with Crippen LogP contribution in [0.5, 0.6) is 5.75 Å². The summed E-state index contributed by atoms with van der Waals surface area (Å²) in [6.07, 6.45) is 1.83. The molecular formula is C28H21BrCl2N2O7. The number of phenols is 1. The van der Waals surface area contributed by atoms with Gasteiger partial charge in [-0.3, -0.25) is 29.0 Å². The maximum absolute atomic E-state index is 14.0. The van der Waals surface area contributed by atoms with E-state index >= 15 is 0 Å². The molecule has 2 saturated heterocycles. The van der Waals surface area contributed by atoms with Gasteiger partial charge in [0.1, 0.15) is 5.75 Å². The molecule has 2 heterocycles. The molecule has 6 atom stereocenters. The van der Waals surface area contributed by atoms with E-state index in [0.29, 0.717) is 11.1 Å². The molecule has 0 aromatic heterocycles. The van der Waals surface area contributed by atoms with E-state index in [0.717, 1.165) is 9.80 Å². The number of likely N-dealkylation sites (tertiary alicyclic amines) is 1. The molecule has 2 N–H and O–H groups in total. The van der Waals surface area contributed by atoms with Crippen LogP contribution in [-0.4, -0.2) is 59.9 Å². The number of hydrogen-bond donors (Lipinski definition) is 2. The molecule has 2 aliphatic carbocycles. The number of carboxylic acid groups (broad SMARTS) is 1. The standard InChI is InChI=1S/C28H21BrCl2N2O7/c29-12-32-25(39)27(30)11-19-17(21(28(27,31)26(32)40)13-4-6-16(34)7-5-13)8-9-18-20(19)23(36)33(22(18)35)15-3-1-2-14(10-15)24(37)38/h1-8,10,18-21,34H,9,11-12H2,(H,37,38)/t18-,19+,20-,21-,27+,28-/m0/s1. The fraction of sp³-hybridized carbons (Fsp3) is 0.321. The van der Waals surface area contributed by atoms with Gasteiger partial charge in [-0.05, 0) is 54.7 Å². The smallest absolute Gasteiger partial charge is 0.335 e. The zero-order valence-corrected chi connectivity index (χ0v) is 23.7. The van der Waals surface area contributed by atoms with Gasteiger partial charge in [-0.25, -0.2) is 4.79 Å². The van der Waals surface area contributed by atoms with Crippen molar-refractivity contribution in [3.63, 3.8) is 0 Å². The Kier molecular flexibility index (Phi) is 6.18. The fourth-order valence-electron chi connectivity index (χ4n) is 6.83. The Bertz CT molecular complexity index is 1550. The maximum Gasteiger partial charge on any atom is 0.335 e.